The number of hydrogen-bond donors (Lipinski definition) is 1. The Morgan fingerprint density at radius 3 is 2.56 bits per heavy atom. The first-order valence-corrected chi connectivity index (χ1v) is 8.61. The topological polar surface area (TPSA) is 50.8 Å². The first-order valence-electron chi connectivity index (χ1n) is 8.61. The minimum atomic E-state index is -0.0123. The molecule has 0 bridgehead atoms. The summed E-state index contributed by atoms with van der Waals surface area (Å²) in [4.78, 5) is 14.5. The van der Waals surface area contributed by atoms with Gasteiger partial charge >= 0.3 is 0 Å². The summed E-state index contributed by atoms with van der Waals surface area (Å²) >= 11 is 0. The van der Waals surface area contributed by atoms with Gasteiger partial charge in [0.1, 0.15) is 5.75 Å². The fourth-order valence-corrected chi connectivity index (χ4v) is 2.91. The fraction of sp³-hybridized carbons (Fsp3) is 0.350. The van der Waals surface area contributed by atoms with Crippen LogP contribution in [0, 0.1) is 0 Å². The van der Waals surface area contributed by atoms with E-state index in [4.69, 9.17) is 9.47 Å². The molecule has 5 nitrogen and oxygen atoms in total. The van der Waals surface area contributed by atoms with Crippen molar-refractivity contribution >= 4 is 17.3 Å². The highest BCUT2D eigenvalue weighted by Crippen LogP contribution is 2.23. The van der Waals surface area contributed by atoms with Gasteiger partial charge in [-0.25, -0.2) is 0 Å². The van der Waals surface area contributed by atoms with Crippen molar-refractivity contribution in [3.8, 4) is 5.75 Å². The lowest BCUT2D eigenvalue weighted by atomic mass is 10.1. The summed E-state index contributed by atoms with van der Waals surface area (Å²) in [6, 6.07) is 15.9. The molecule has 0 unspecified atom stereocenters. The number of morpholine rings is 1. The van der Waals surface area contributed by atoms with Crippen LogP contribution in [-0.2, 0) is 16.0 Å². The highest BCUT2D eigenvalue weighted by molar-refractivity contribution is 5.92. The third-order valence-electron chi connectivity index (χ3n) is 4.33. The second kappa shape index (κ2) is 8.53. The van der Waals surface area contributed by atoms with Gasteiger partial charge in [0.2, 0.25) is 5.91 Å². The first-order chi connectivity index (χ1) is 12.3. The molecule has 1 fully saturated rings. The molecule has 1 saturated heterocycles. The Bertz CT molecular complexity index is 694. The number of carbonyl (C=O) groups is 1. The van der Waals surface area contributed by atoms with E-state index in [1.165, 1.54) is 5.69 Å². The van der Waals surface area contributed by atoms with Crippen LogP contribution in [0.3, 0.4) is 0 Å². The van der Waals surface area contributed by atoms with Crippen molar-refractivity contribution in [2.24, 2.45) is 0 Å². The summed E-state index contributed by atoms with van der Waals surface area (Å²) in [5.41, 5.74) is 3.08. The van der Waals surface area contributed by atoms with Gasteiger partial charge in [0.25, 0.3) is 0 Å². The number of hydrogen-bond acceptors (Lipinski definition) is 4. The monoisotopic (exact) mass is 340 g/mol. The predicted octanol–water partition coefficient (Wildman–Crippen LogP) is 3.10. The van der Waals surface area contributed by atoms with Crippen molar-refractivity contribution in [1.29, 1.82) is 0 Å². The highest BCUT2D eigenvalue weighted by Gasteiger charge is 2.11. The van der Waals surface area contributed by atoms with Gasteiger partial charge in [0, 0.05) is 25.2 Å². The number of rotatable bonds is 6. The van der Waals surface area contributed by atoms with E-state index < -0.39 is 0 Å². The van der Waals surface area contributed by atoms with Crippen LogP contribution in [0.4, 0.5) is 11.4 Å². The first kappa shape index (κ1) is 17.3. The molecular weight excluding hydrogens is 316 g/mol. The van der Waals surface area contributed by atoms with Crippen LogP contribution in [0.1, 0.15) is 12.0 Å². The summed E-state index contributed by atoms with van der Waals surface area (Å²) in [6.07, 6.45) is 1.15. The van der Waals surface area contributed by atoms with Crippen LogP contribution in [0.2, 0.25) is 0 Å². The van der Waals surface area contributed by atoms with Crippen LogP contribution < -0.4 is 15.0 Å². The van der Waals surface area contributed by atoms with Gasteiger partial charge in [-0.05, 0) is 36.2 Å². The van der Waals surface area contributed by atoms with Gasteiger partial charge in [0.15, 0.2) is 0 Å². The molecule has 3 rings (SSSR count). The summed E-state index contributed by atoms with van der Waals surface area (Å²) in [5, 5.41) is 2.91. The maximum Gasteiger partial charge on any atom is 0.224 e. The number of carbonyl (C=O) groups excluding carboxylic acids is 1. The zero-order chi connectivity index (χ0) is 17.5. The van der Waals surface area contributed by atoms with E-state index in [-0.39, 0.29) is 5.91 Å². The van der Waals surface area contributed by atoms with E-state index in [9.17, 15) is 4.79 Å². The molecular formula is C20H24N2O3. The van der Waals surface area contributed by atoms with Crippen molar-refractivity contribution in [3.05, 3.63) is 54.1 Å². The number of amides is 1. The standard InChI is InChI=1S/C20H24N2O3/c1-24-19-5-3-2-4-18(19)21-20(23)11-8-16-6-9-17(10-7-16)22-12-14-25-15-13-22/h2-7,9-10H,8,11-15H2,1H3,(H,21,23). The quantitative estimate of drug-likeness (QED) is 0.878. The van der Waals surface area contributed by atoms with Crippen molar-refractivity contribution in [2.45, 2.75) is 12.8 Å². The van der Waals surface area contributed by atoms with Crippen LogP contribution in [0.25, 0.3) is 0 Å². The Hall–Kier alpha value is -2.53. The van der Waals surface area contributed by atoms with Crippen molar-refractivity contribution in [1.82, 2.24) is 0 Å². The summed E-state index contributed by atoms with van der Waals surface area (Å²) in [6.45, 7) is 3.43. The Balaban J connectivity index is 1.51. The molecule has 0 saturated carbocycles. The van der Waals surface area contributed by atoms with Crippen molar-refractivity contribution < 1.29 is 14.3 Å². The molecule has 25 heavy (non-hydrogen) atoms. The Kier molecular flexibility index (Phi) is 5.90. The summed E-state index contributed by atoms with van der Waals surface area (Å²) in [7, 11) is 1.60. The minimum Gasteiger partial charge on any atom is -0.495 e. The summed E-state index contributed by atoms with van der Waals surface area (Å²) in [5.74, 6) is 0.660. The van der Waals surface area contributed by atoms with Crippen LogP contribution in [-0.4, -0.2) is 39.3 Å². The van der Waals surface area contributed by atoms with E-state index in [0.29, 0.717) is 24.3 Å². The average molecular weight is 340 g/mol. The molecule has 2 aromatic rings. The van der Waals surface area contributed by atoms with Gasteiger partial charge in [0.05, 0.1) is 26.0 Å². The van der Waals surface area contributed by atoms with E-state index >= 15 is 0 Å². The lowest BCUT2D eigenvalue weighted by molar-refractivity contribution is -0.116. The molecule has 0 atom stereocenters. The van der Waals surface area contributed by atoms with Gasteiger partial charge in [-0.15, -0.1) is 0 Å². The molecule has 0 radical (unpaired) electrons. The number of aryl methyl sites for hydroxylation is 1. The summed E-state index contributed by atoms with van der Waals surface area (Å²) < 4.78 is 10.6. The van der Waals surface area contributed by atoms with Crippen molar-refractivity contribution in [3.63, 3.8) is 0 Å². The predicted molar refractivity (Wildman–Crippen MR) is 99.4 cm³/mol. The van der Waals surface area contributed by atoms with Crippen LogP contribution >= 0.6 is 0 Å². The van der Waals surface area contributed by atoms with Crippen LogP contribution in [0.5, 0.6) is 5.75 Å². The maximum atomic E-state index is 12.2. The average Bonchev–Trinajstić information content (AvgIpc) is 2.68. The van der Waals surface area contributed by atoms with Gasteiger partial charge in [-0.2, -0.15) is 0 Å². The Labute approximate surface area is 148 Å². The lowest BCUT2D eigenvalue weighted by Gasteiger charge is -2.28. The number of ether oxygens (including phenoxy) is 2. The second-order valence-electron chi connectivity index (χ2n) is 6.01. The molecule has 1 aliphatic rings. The molecule has 1 amide bonds. The highest BCUT2D eigenvalue weighted by atomic mass is 16.5. The smallest absolute Gasteiger partial charge is 0.224 e. The SMILES string of the molecule is COc1ccccc1NC(=O)CCc1ccc(N2CCOCC2)cc1. The molecule has 132 valence electrons. The van der Waals surface area contributed by atoms with Crippen LogP contribution in [0.15, 0.2) is 48.5 Å². The molecule has 0 spiro atoms. The molecule has 2 aromatic carbocycles. The zero-order valence-electron chi connectivity index (χ0n) is 14.5. The number of anilines is 2. The van der Waals surface area contributed by atoms with Gasteiger partial charge in [-0.1, -0.05) is 24.3 Å². The van der Waals surface area contributed by atoms with E-state index in [1.54, 1.807) is 7.11 Å². The molecule has 1 heterocycles. The lowest BCUT2D eigenvalue weighted by Crippen LogP contribution is -2.36. The van der Waals surface area contributed by atoms with E-state index in [2.05, 4.69) is 34.5 Å². The maximum absolute atomic E-state index is 12.2. The number of methoxy groups -OCH3 is 1. The largest absolute Gasteiger partial charge is 0.495 e. The molecule has 5 heteroatoms. The van der Waals surface area contributed by atoms with E-state index in [0.717, 1.165) is 31.9 Å². The number of benzene rings is 2. The van der Waals surface area contributed by atoms with Crippen molar-refractivity contribution in [2.75, 3.05) is 43.6 Å². The third-order valence-corrected chi connectivity index (χ3v) is 4.33. The number of nitrogens with zero attached hydrogens (tertiary/aromatic N) is 1. The Morgan fingerprint density at radius 1 is 1.12 bits per heavy atom. The number of nitrogens with one attached hydrogen (secondary N) is 1. The number of para-hydroxylation sites is 2. The Morgan fingerprint density at radius 2 is 1.84 bits per heavy atom. The van der Waals surface area contributed by atoms with E-state index in [1.807, 2.05) is 24.3 Å². The second-order valence-corrected chi connectivity index (χ2v) is 6.01. The third kappa shape index (κ3) is 4.73. The van der Waals surface area contributed by atoms with Gasteiger partial charge < -0.3 is 19.7 Å². The zero-order valence-corrected chi connectivity index (χ0v) is 14.5. The molecule has 1 N–H and O–H groups in total. The minimum absolute atomic E-state index is 0.0123. The molecule has 1 aliphatic heterocycles. The normalized spacial score (nSPS) is 14.2. The molecule has 0 aliphatic carbocycles. The molecule has 0 aromatic heterocycles. The van der Waals surface area contributed by atoms with Gasteiger partial charge in [-0.3, -0.25) is 4.79 Å². The fourth-order valence-electron chi connectivity index (χ4n) is 2.91.